The number of rotatable bonds is 7. The van der Waals surface area contributed by atoms with Gasteiger partial charge >= 0.3 is 12.1 Å². The van der Waals surface area contributed by atoms with Gasteiger partial charge in [0, 0.05) is 14.7 Å². The second-order valence-electron chi connectivity index (χ2n) is 13.6. The van der Waals surface area contributed by atoms with Crippen molar-refractivity contribution < 1.29 is 22.1 Å². The van der Waals surface area contributed by atoms with E-state index >= 15 is 0 Å². The zero-order valence-corrected chi connectivity index (χ0v) is 30.7. The van der Waals surface area contributed by atoms with E-state index in [9.17, 15) is 18.0 Å². The van der Waals surface area contributed by atoms with E-state index in [1.54, 1.807) is 36.4 Å². The average Bonchev–Trinajstić information content (AvgIpc) is 3.25. The van der Waals surface area contributed by atoms with Crippen molar-refractivity contribution in [3.8, 4) is 33.4 Å². The van der Waals surface area contributed by atoms with Gasteiger partial charge < -0.3 is 4.18 Å². The number of halogens is 3. The van der Waals surface area contributed by atoms with Gasteiger partial charge in [-0.2, -0.15) is 13.2 Å². The lowest BCUT2D eigenvalue weighted by molar-refractivity contribution is -0.188. The molecule has 0 heterocycles. The van der Waals surface area contributed by atoms with E-state index in [1.807, 2.05) is 164 Å². The van der Waals surface area contributed by atoms with Crippen molar-refractivity contribution in [3.05, 3.63) is 200 Å². The van der Waals surface area contributed by atoms with E-state index in [0.717, 1.165) is 65.7 Å². The maximum absolute atomic E-state index is 14.4. The summed E-state index contributed by atoms with van der Waals surface area (Å²) in [6.45, 7) is 0. The predicted octanol–water partition coefficient (Wildman–Crippen LogP) is 14.4. The summed E-state index contributed by atoms with van der Waals surface area (Å²) in [6, 6.07) is 64.5. The highest BCUT2D eigenvalue weighted by atomic mass is 32.3. The summed E-state index contributed by atoms with van der Waals surface area (Å²) in [5.74, 6) is -2.25. The molecule has 0 aliphatic rings. The molecule has 0 saturated heterocycles. The Morgan fingerprint density at radius 1 is 0.375 bits per heavy atom. The number of carbonyl (C=O) groups is 1. The van der Waals surface area contributed by atoms with Crippen molar-refractivity contribution >= 4 is 48.6 Å². The monoisotopic (exact) mass is 754 g/mol. The molecule has 0 atom stereocenters. The first-order valence-electron chi connectivity index (χ1n) is 18.2. The van der Waals surface area contributed by atoms with Gasteiger partial charge in [0.05, 0.1) is 0 Å². The molecule has 0 bridgehead atoms. The lowest BCUT2D eigenvalue weighted by Gasteiger charge is -2.40. The van der Waals surface area contributed by atoms with Crippen LogP contribution < -0.4 is 0 Å². The summed E-state index contributed by atoms with van der Waals surface area (Å²) in [7, 11) is -3.31. The minimum atomic E-state index is -5.23. The van der Waals surface area contributed by atoms with E-state index < -0.39 is 22.5 Å². The van der Waals surface area contributed by atoms with Gasteiger partial charge in [0.25, 0.3) is 0 Å². The molecule has 56 heavy (non-hydrogen) atoms. The fourth-order valence-corrected chi connectivity index (χ4v) is 10.6. The molecule has 0 amide bonds. The molecule has 0 fully saturated rings. The van der Waals surface area contributed by atoms with Crippen molar-refractivity contribution in [2.24, 2.45) is 0 Å². The molecule has 0 saturated carbocycles. The van der Waals surface area contributed by atoms with Crippen LogP contribution in [0.15, 0.2) is 215 Å². The van der Waals surface area contributed by atoms with Gasteiger partial charge in [-0.15, -0.1) is 0 Å². The van der Waals surface area contributed by atoms with Crippen LogP contribution in [0.25, 0.3) is 65.7 Å². The number of benzene rings is 9. The van der Waals surface area contributed by atoms with E-state index in [4.69, 9.17) is 4.18 Å². The van der Waals surface area contributed by atoms with Gasteiger partial charge in [-0.3, -0.25) is 0 Å². The Hall–Kier alpha value is -6.63. The molecule has 9 aromatic carbocycles. The Labute approximate surface area is 324 Å². The van der Waals surface area contributed by atoms with Gasteiger partial charge in [-0.05, 0) is 112 Å². The molecule has 0 unspecified atom stereocenters. The largest absolute Gasteiger partial charge is 0.491 e. The molecule has 0 radical (unpaired) electrons. The highest BCUT2D eigenvalue weighted by Crippen LogP contribution is 2.70. The van der Waals surface area contributed by atoms with Crippen molar-refractivity contribution in [1.29, 1.82) is 0 Å². The van der Waals surface area contributed by atoms with Crippen molar-refractivity contribution in [3.63, 3.8) is 0 Å². The lowest BCUT2D eigenvalue weighted by Crippen LogP contribution is -2.27. The Bertz CT molecular complexity index is 2570. The van der Waals surface area contributed by atoms with Crippen LogP contribution in [0.5, 0.6) is 0 Å². The predicted molar refractivity (Wildman–Crippen MR) is 223 cm³/mol. The molecule has 9 aromatic rings. The van der Waals surface area contributed by atoms with E-state index in [0.29, 0.717) is 14.7 Å². The summed E-state index contributed by atoms with van der Waals surface area (Å²) in [6.07, 6.45) is -5.23. The topological polar surface area (TPSA) is 26.3 Å². The fourth-order valence-electron chi connectivity index (χ4n) is 7.62. The van der Waals surface area contributed by atoms with Crippen LogP contribution in [0.4, 0.5) is 13.2 Å². The fraction of sp³-hybridized carbons (Fsp3) is 0.0200. The SMILES string of the molecule is O=C(OS(c1ccc(-c2cccc3ccccc23)cc1)(c1ccc(-c2cccc3ccccc23)cc1)c1ccc(-c2cccc3ccccc23)cc1)C(F)(F)F. The highest BCUT2D eigenvalue weighted by Gasteiger charge is 2.47. The van der Waals surface area contributed by atoms with Gasteiger partial charge in [-0.1, -0.05) is 164 Å². The van der Waals surface area contributed by atoms with Crippen LogP contribution in [0.2, 0.25) is 0 Å². The second kappa shape index (κ2) is 14.2. The molecule has 0 spiro atoms. The number of hydrogen-bond donors (Lipinski definition) is 0. The van der Waals surface area contributed by atoms with Crippen LogP contribution in [0, 0.1) is 0 Å². The third-order valence-electron chi connectivity index (χ3n) is 10.3. The number of carbonyl (C=O) groups excluding carboxylic acids is 1. The zero-order chi connectivity index (χ0) is 38.3. The molecule has 9 rings (SSSR count). The standard InChI is InChI=1S/C50H33F3O2S/c51-50(52,53)49(54)55-56(40-28-22-37(23-29-40)46-19-7-13-34-10-1-4-16-43(34)46,41-30-24-38(25-31-41)47-20-8-14-35-11-2-5-17-44(35)47)42-32-26-39(27-33-42)48-21-9-15-36-12-3-6-18-45(36)48/h1-33H. The van der Waals surface area contributed by atoms with Crippen LogP contribution in [-0.4, -0.2) is 12.1 Å². The molecule has 272 valence electrons. The number of alkyl halides is 3. The number of fused-ring (bicyclic) bond motifs is 3. The zero-order valence-electron chi connectivity index (χ0n) is 29.9. The smallest absolute Gasteiger partial charge is 0.395 e. The number of hydrogen-bond acceptors (Lipinski definition) is 2. The minimum absolute atomic E-state index is 0.454. The Morgan fingerprint density at radius 2 is 0.661 bits per heavy atom. The summed E-state index contributed by atoms with van der Waals surface area (Å²) in [5.41, 5.74) is 5.63. The van der Waals surface area contributed by atoms with Crippen molar-refractivity contribution in [2.75, 3.05) is 0 Å². The molecule has 0 N–H and O–H groups in total. The maximum atomic E-state index is 14.4. The van der Waals surface area contributed by atoms with E-state index in [2.05, 4.69) is 0 Å². The lowest BCUT2D eigenvalue weighted by atomic mass is 9.98. The summed E-state index contributed by atoms with van der Waals surface area (Å²) < 4.78 is 49.0. The van der Waals surface area contributed by atoms with Crippen molar-refractivity contribution in [2.45, 2.75) is 20.9 Å². The van der Waals surface area contributed by atoms with Crippen LogP contribution in [0.1, 0.15) is 0 Å². The van der Waals surface area contributed by atoms with E-state index in [-0.39, 0.29) is 0 Å². The van der Waals surface area contributed by atoms with Gasteiger partial charge in [0.1, 0.15) is 0 Å². The highest BCUT2D eigenvalue weighted by molar-refractivity contribution is 8.30. The minimum Gasteiger partial charge on any atom is -0.395 e. The Morgan fingerprint density at radius 3 is 0.964 bits per heavy atom. The molecule has 0 aromatic heterocycles. The first-order valence-corrected chi connectivity index (χ1v) is 19.7. The first-order chi connectivity index (χ1) is 27.3. The Kier molecular flexibility index (Phi) is 8.91. The Balaban J connectivity index is 1.24. The average molecular weight is 755 g/mol. The van der Waals surface area contributed by atoms with Gasteiger partial charge in [0.2, 0.25) is 0 Å². The third kappa shape index (κ3) is 6.28. The second-order valence-corrected chi connectivity index (χ2v) is 16.3. The summed E-state index contributed by atoms with van der Waals surface area (Å²) >= 11 is 0. The van der Waals surface area contributed by atoms with Gasteiger partial charge in [-0.25, -0.2) is 4.79 Å². The first kappa shape index (κ1) is 35.1. The molecular weight excluding hydrogens is 722 g/mol. The molecule has 2 nitrogen and oxygen atoms in total. The van der Waals surface area contributed by atoms with Crippen LogP contribution in [0.3, 0.4) is 0 Å². The molecule has 0 aliphatic carbocycles. The molecule has 0 aliphatic heterocycles. The molecular formula is C50H33F3O2S. The maximum Gasteiger partial charge on any atom is 0.491 e. The van der Waals surface area contributed by atoms with Crippen LogP contribution >= 0.6 is 10.3 Å². The van der Waals surface area contributed by atoms with Crippen molar-refractivity contribution in [1.82, 2.24) is 0 Å². The quantitative estimate of drug-likeness (QED) is 0.162. The summed E-state index contributed by atoms with van der Waals surface area (Å²) in [5, 5.41) is 6.39. The van der Waals surface area contributed by atoms with E-state index in [1.165, 1.54) is 0 Å². The van der Waals surface area contributed by atoms with Crippen LogP contribution in [-0.2, 0) is 8.98 Å². The summed E-state index contributed by atoms with van der Waals surface area (Å²) in [4.78, 5) is 14.5. The normalized spacial score (nSPS) is 12.2. The third-order valence-corrected chi connectivity index (χ3v) is 13.5. The molecule has 6 heteroatoms. The van der Waals surface area contributed by atoms with Gasteiger partial charge in [0.15, 0.2) is 0 Å².